The van der Waals surface area contributed by atoms with E-state index in [1.54, 1.807) is 0 Å². The summed E-state index contributed by atoms with van der Waals surface area (Å²) in [6.45, 7) is 0.295. The van der Waals surface area contributed by atoms with E-state index in [0.717, 1.165) is 18.4 Å². The smallest absolute Gasteiger partial charge is 0.407 e. The van der Waals surface area contributed by atoms with Gasteiger partial charge in [-0.2, -0.15) is 0 Å². The van der Waals surface area contributed by atoms with Crippen LogP contribution in [0.2, 0.25) is 0 Å². The second-order valence-electron chi connectivity index (χ2n) is 5.70. The van der Waals surface area contributed by atoms with Crippen LogP contribution in [0, 0.1) is 5.41 Å². The third-order valence-electron chi connectivity index (χ3n) is 4.04. The molecule has 0 atom stereocenters. The number of carbonyl (C=O) groups excluding carboxylic acids is 2. The van der Waals surface area contributed by atoms with Gasteiger partial charge >= 0.3 is 6.09 Å². The number of benzene rings is 1. The van der Waals surface area contributed by atoms with Crippen molar-refractivity contribution in [2.45, 2.75) is 38.3 Å². The van der Waals surface area contributed by atoms with Gasteiger partial charge in [0.25, 0.3) is 0 Å². The number of ketones is 1. The molecule has 0 saturated heterocycles. The van der Waals surface area contributed by atoms with Gasteiger partial charge in [-0.15, -0.1) is 0 Å². The molecule has 0 unspecified atom stereocenters. The van der Waals surface area contributed by atoms with Gasteiger partial charge in [0, 0.05) is 18.9 Å². The number of amides is 1. The van der Waals surface area contributed by atoms with Crippen LogP contribution in [-0.2, 0) is 16.1 Å². The van der Waals surface area contributed by atoms with E-state index in [0.29, 0.717) is 25.2 Å². The maximum Gasteiger partial charge on any atom is 0.407 e. The molecular weight excluding hydrogens is 242 g/mol. The number of nitrogens with one attached hydrogen (secondary N) is 1. The van der Waals surface area contributed by atoms with Gasteiger partial charge in [0.05, 0.1) is 0 Å². The summed E-state index contributed by atoms with van der Waals surface area (Å²) >= 11 is 0. The summed E-state index contributed by atoms with van der Waals surface area (Å²) in [5.74, 6) is 0.352. The van der Waals surface area contributed by atoms with Gasteiger partial charge in [0.15, 0.2) is 0 Å². The Morgan fingerprint density at radius 3 is 2.58 bits per heavy atom. The third-order valence-corrected chi connectivity index (χ3v) is 4.04. The Hall–Kier alpha value is -1.84. The molecule has 0 aromatic heterocycles. The number of rotatable bonds is 3. The summed E-state index contributed by atoms with van der Waals surface area (Å²) < 4.78 is 5.16. The molecule has 2 aliphatic rings. The van der Waals surface area contributed by atoms with Gasteiger partial charge < -0.3 is 10.1 Å². The summed E-state index contributed by atoms with van der Waals surface area (Å²) in [5.41, 5.74) is 1.20. The zero-order valence-electron chi connectivity index (χ0n) is 10.7. The number of ether oxygens (including phenoxy) is 1. The van der Waals surface area contributed by atoms with Crippen molar-refractivity contribution in [1.29, 1.82) is 0 Å². The van der Waals surface area contributed by atoms with E-state index in [4.69, 9.17) is 4.74 Å². The standard InChI is InChI=1S/C15H17NO3/c17-13-8-15(9-13)6-12(7-15)16-14(18)19-10-11-4-2-1-3-5-11/h1-5,12H,6-10H2,(H,16,18). The molecule has 2 saturated carbocycles. The summed E-state index contributed by atoms with van der Waals surface area (Å²) in [6.07, 6.45) is 2.86. The lowest BCUT2D eigenvalue weighted by Crippen LogP contribution is -2.56. The first-order valence-corrected chi connectivity index (χ1v) is 6.64. The third kappa shape index (κ3) is 2.62. The Kier molecular flexibility index (Phi) is 3.01. The van der Waals surface area contributed by atoms with Crippen LogP contribution in [0.25, 0.3) is 0 Å². The average molecular weight is 259 g/mol. The Morgan fingerprint density at radius 1 is 1.26 bits per heavy atom. The fourth-order valence-corrected chi connectivity index (χ4v) is 3.09. The topological polar surface area (TPSA) is 55.4 Å². The zero-order chi connectivity index (χ0) is 13.3. The van der Waals surface area contributed by atoms with Crippen LogP contribution >= 0.6 is 0 Å². The minimum atomic E-state index is -0.366. The second kappa shape index (κ2) is 4.68. The Labute approximate surface area is 112 Å². The largest absolute Gasteiger partial charge is 0.445 e. The first-order chi connectivity index (χ1) is 9.15. The molecule has 19 heavy (non-hydrogen) atoms. The molecular formula is C15H17NO3. The quantitative estimate of drug-likeness (QED) is 0.907. The van der Waals surface area contributed by atoms with Crippen LogP contribution in [-0.4, -0.2) is 17.9 Å². The average Bonchev–Trinajstić information content (AvgIpc) is 2.33. The van der Waals surface area contributed by atoms with Gasteiger partial charge in [-0.1, -0.05) is 30.3 Å². The number of alkyl carbamates (subject to hydrolysis) is 1. The number of hydrogen-bond donors (Lipinski definition) is 1. The molecule has 100 valence electrons. The lowest BCUT2D eigenvalue weighted by Gasteiger charge is -2.52. The van der Waals surface area contributed by atoms with Crippen LogP contribution in [0.1, 0.15) is 31.2 Å². The first kappa shape index (κ1) is 12.2. The van der Waals surface area contributed by atoms with E-state index in [-0.39, 0.29) is 17.6 Å². The van der Waals surface area contributed by atoms with E-state index in [1.165, 1.54) is 0 Å². The van der Waals surface area contributed by atoms with Gasteiger partial charge in [-0.25, -0.2) is 4.79 Å². The van der Waals surface area contributed by atoms with Crippen LogP contribution in [0.5, 0.6) is 0 Å². The minimum Gasteiger partial charge on any atom is -0.445 e. The van der Waals surface area contributed by atoms with Crippen molar-refractivity contribution >= 4 is 11.9 Å². The predicted octanol–water partition coefficient (Wildman–Crippen LogP) is 2.42. The molecule has 3 rings (SSSR count). The van der Waals surface area contributed by atoms with E-state index in [9.17, 15) is 9.59 Å². The van der Waals surface area contributed by atoms with E-state index < -0.39 is 0 Å². The molecule has 0 bridgehead atoms. The first-order valence-electron chi connectivity index (χ1n) is 6.64. The highest BCUT2D eigenvalue weighted by molar-refractivity contribution is 5.86. The second-order valence-corrected chi connectivity index (χ2v) is 5.70. The van der Waals surface area contributed by atoms with Crippen LogP contribution in [0.4, 0.5) is 4.79 Å². The van der Waals surface area contributed by atoms with Crippen molar-refractivity contribution in [2.75, 3.05) is 0 Å². The maximum absolute atomic E-state index is 11.6. The van der Waals surface area contributed by atoms with Crippen LogP contribution in [0.3, 0.4) is 0 Å². The van der Waals surface area contributed by atoms with Crippen LogP contribution < -0.4 is 5.32 Å². The Balaban J connectivity index is 1.38. The Bertz CT molecular complexity index is 481. The highest BCUT2D eigenvalue weighted by atomic mass is 16.5. The zero-order valence-corrected chi connectivity index (χ0v) is 10.7. The highest BCUT2D eigenvalue weighted by Gasteiger charge is 2.53. The van der Waals surface area contributed by atoms with E-state index >= 15 is 0 Å². The number of carbonyl (C=O) groups is 2. The van der Waals surface area contributed by atoms with Crippen molar-refractivity contribution in [2.24, 2.45) is 5.41 Å². The van der Waals surface area contributed by atoms with Crippen molar-refractivity contribution in [3.8, 4) is 0 Å². The summed E-state index contributed by atoms with van der Waals surface area (Å²) in [4.78, 5) is 22.6. The molecule has 1 amide bonds. The normalized spacial score (nSPS) is 20.5. The molecule has 2 aliphatic carbocycles. The van der Waals surface area contributed by atoms with Gasteiger partial charge in [0.2, 0.25) is 0 Å². The minimum absolute atomic E-state index is 0.177. The molecule has 4 nitrogen and oxygen atoms in total. The van der Waals surface area contributed by atoms with E-state index in [2.05, 4.69) is 5.32 Å². The lowest BCUT2D eigenvalue weighted by molar-refractivity contribution is -0.139. The highest BCUT2D eigenvalue weighted by Crippen LogP contribution is 2.53. The van der Waals surface area contributed by atoms with Gasteiger partial charge in [-0.05, 0) is 23.8 Å². The molecule has 0 aliphatic heterocycles. The van der Waals surface area contributed by atoms with Gasteiger partial charge in [0.1, 0.15) is 12.4 Å². The summed E-state index contributed by atoms with van der Waals surface area (Å²) in [5, 5.41) is 2.85. The van der Waals surface area contributed by atoms with Crippen LogP contribution in [0.15, 0.2) is 30.3 Å². The summed E-state index contributed by atoms with van der Waals surface area (Å²) in [7, 11) is 0. The van der Waals surface area contributed by atoms with Crippen molar-refractivity contribution in [3.63, 3.8) is 0 Å². The van der Waals surface area contributed by atoms with E-state index in [1.807, 2.05) is 30.3 Å². The fraction of sp³-hybridized carbons (Fsp3) is 0.467. The molecule has 1 aromatic carbocycles. The SMILES string of the molecule is O=C1CC2(C1)CC(NC(=O)OCc1ccccc1)C2. The molecule has 1 spiro atoms. The number of hydrogen-bond acceptors (Lipinski definition) is 3. The number of Topliss-reactive ketones (excluding diaryl/α,β-unsaturated/α-hetero) is 1. The Morgan fingerprint density at radius 2 is 1.95 bits per heavy atom. The molecule has 1 aromatic rings. The molecule has 0 radical (unpaired) electrons. The summed E-state index contributed by atoms with van der Waals surface area (Å²) in [6, 6.07) is 9.78. The molecule has 2 fully saturated rings. The fourth-order valence-electron chi connectivity index (χ4n) is 3.09. The molecule has 1 N–H and O–H groups in total. The molecule has 0 heterocycles. The lowest BCUT2D eigenvalue weighted by atomic mass is 9.53. The van der Waals surface area contributed by atoms with Crippen molar-refractivity contribution in [1.82, 2.24) is 5.32 Å². The monoisotopic (exact) mass is 259 g/mol. The van der Waals surface area contributed by atoms with Crippen molar-refractivity contribution in [3.05, 3.63) is 35.9 Å². The maximum atomic E-state index is 11.6. The van der Waals surface area contributed by atoms with Gasteiger partial charge in [-0.3, -0.25) is 4.79 Å². The molecule has 4 heteroatoms. The van der Waals surface area contributed by atoms with Crippen molar-refractivity contribution < 1.29 is 14.3 Å². The predicted molar refractivity (Wildman–Crippen MR) is 69.5 cm³/mol.